The Balaban J connectivity index is 1.90. The summed E-state index contributed by atoms with van der Waals surface area (Å²) >= 11 is 0. The molecule has 4 N–H and O–H groups in total. The van der Waals surface area contributed by atoms with Gasteiger partial charge >= 0.3 is 0 Å². The minimum absolute atomic E-state index is 0.0463. The first-order valence-electron chi connectivity index (χ1n) is 6.26. The number of rotatable bonds is 2. The van der Waals surface area contributed by atoms with Crippen LogP contribution in [0.4, 0.5) is 11.4 Å². The normalized spacial score (nSPS) is 26.7. The first-order valence-corrected chi connectivity index (χ1v) is 7.81. The molecule has 0 spiro atoms. The van der Waals surface area contributed by atoms with Crippen molar-refractivity contribution in [2.75, 3.05) is 23.7 Å². The monoisotopic (exact) mass is 283 g/mol. The topological polar surface area (TPSA) is 98.7 Å². The highest BCUT2D eigenvalue weighted by Gasteiger charge is 2.34. The lowest BCUT2D eigenvalue weighted by Gasteiger charge is -2.34. The van der Waals surface area contributed by atoms with E-state index in [4.69, 9.17) is 15.6 Å². The molecule has 2 saturated heterocycles. The van der Waals surface area contributed by atoms with E-state index >= 15 is 0 Å². The molecule has 0 aromatic heterocycles. The van der Waals surface area contributed by atoms with Crippen LogP contribution in [0.2, 0.25) is 0 Å². The number of hydrogen-bond donors (Lipinski definition) is 2. The average molecular weight is 283 g/mol. The SMILES string of the molecule is Nc1cc(S(N)(=O)=O)ccc1N1CC2CCC(C1)O2. The van der Waals surface area contributed by atoms with E-state index in [9.17, 15) is 8.42 Å². The number of morpholine rings is 1. The summed E-state index contributed by atoms with van der Waals surface area (Å²) in [4.78, 5) is 2.21. The molecule has 7 heteroatoms. The van der Waals surface area contributed by atoms with E-state index in [-0.39, 0.29) is 17.1 Å². The molecular weight excluding hydrogens is 266 g/mol. The molecule has 104 valence electrons. The number of hydrogen-bond acceptors (Lipinski definition) is 5. The van der Waals surface area contributed by atoms with Crippen LogP contribution in [0, 0.1) is 0 Å². The summed E-state index contributed by atoms with van der Waals surface area (Å²) in [6, 6.07) is 4.64. The van der Waals surface area contributed by atoms with Crippen molar-refractivity contribution in [1.82, 2.24) is 0 Å². The molecule has 0 saturated carbocycles. The third-order valence-corrected chi connectivity index (χ3v) is 4.62. The molecule has 2 heterocycles. The van der Waals surface area contributed by atoms with E-state index in [0.717, 1.165) is 31.6 Å². The van der Waals surface area contributed by atoms with Gasteiger partial charge in [0.05, 0.1) is 28.5 Å². The van der Waals surface area contributed by atoms with Crippen LogP contribution in [0.25, 0.3) is 0 Å². The van der Waals surface area contributed by atoms with E-state index in [1.54, 1.807) is 6.07 Å². The van der Waals surface area contributed by atoms with Gasteiger partial charge in [-0.25, -0.2) is 13.6 Å². The van der Waals surface area contributed by atoms with Gasteiger partial charge in [0.1, 0.15) is 0 Å². The molecular formula is C12H17N3O3S. The van der Waals surface area contributed by atoms with Crippen LogP contribution in [0.5, 0.6) is 0 Å². The van der Waals surface area contributed by atoms with Crippen molar-refractivity contribution >= 4 is 21.4 Å². The lowest BCUT2D eigenvalue weighted by Crippen LogP contribution is -2.42. The first kappa shape index (κ1) is 12.7. The number of ether oxygens (including phenoxy) is 1. The number of nitrogens with two attached hydrogens (primary N) is 2. The maximum Gasteiger partial charge on any atom is 0.238 e. The van der Waals surface area contributed by atoms with E-state index < -0.39 is 10.0 Å². The third kappa shape index (κ3) is 2.41. The zero-order valence-electron chi connectivity index (χ0n) is 10.5. The van der Waals surface area contributed by atoms with Gasteiger partial charge in [-0.05, 0) is 31.0 Å². The number of fused-ring (bicyclic) bond motifs is 2. The minimum atomic E-state index is -3.71. The quantitative estimate of drug-likeness (QED) is 0.760. The van der Waals surface area contributed by atoms with Gasteiger partial charge in [-0.3, -0.25) is 0 Å². The van der Waals surface area contributed by atoms with Crippen LogP contribution in [0.3, 0.4) is 0 Å². The van der Waals surface area contributed by atoms with Crippen molar-refractivity contribution < 1.29 is 13.2 Å². The number of sulfonamides is 1. The number of primary sulfonamides is 1. The summed E-state index contributed by atoms with van der Waals surface area (Å²) in [5, 5.41) is 5.09. The lowest BCUT2D eigenvalue weighted by atomic mass is 10.2. The van der Waals surface area contributed by atoms with Gasteiger partial charge in [0.25, 0.3) is 0 Å². The van der Waals surface area contributed by atoms with Gasteiger partial charge in [0.15, 0.2) is 0 Å². The molecule has 2 aliphatic rings. The van der Waals surface area contributed by atoms with Crippen molar-refractivity contribution in [3.05, 3.63) is 18.2 Å². The van der Waals surface area contributed by atoms with Crippen LogP contribution in [0.1, 0.15) is 12.8 Å². The van der Waals surface area contributed by atoms with Gasteiger partial charge in [0.2, 0.25) is 10.0 Å². The molecule has 19 heavy (non-hydrogen) atoms. The maximum absolute atomic E-state index is 11.3. The molecule has 1 aromatic rings. The number of nitrogens with zero attached hydrogens (tertiary/aromatic N) is 1. The summed E-state index contributed by atoms with van der Waals surface area (Å²) in [5.41, 5.74) is 7.25. The van der Waals surface area contributed by atoms with Gasteiger partial charge in [-0.2, -0.15) is 0 Å². The smallest absolute Gasteiger partial charge is 0.238 e. The Morgan fingerprint density at radius 2 is 1.84 bits per heavy atom. The number of nitrogen functional groups attached to an aromatic ring is 1. The Bertz CT molecular complexity index is 590. The highest BCUT2D eigenvalue weighted by Crippen LogP contribution is 2.33. The van der Waals surface area contributed by atoms with E-state index in [0.29, 0.717) is 5.69 Å². The molecule has 2 atom stereocenters. The zero-order chi connectivity index (χ0) is 13.6. The zero-order valence-corrected chi connectivity index (χ0v) is 11.3. The molecule has 6 nitrogen and oxygen atoms in total. The van der Waals surface area contributed by atoms with Crippen molar-refractivity contribution in [3.63, 3.8) is 0 Å². The largest absolute Gasteiger partial charge is 0.397 e. The predicted molar refractivity (Wildman–Crippen MR) is 72.3 cm³/mol. The molecule has 1 aromatic carbocycles. The Hall–Kier alpha value is -1.31. The minimum Gasteiger partial charge on any atom is -0.397 e. The van der Waals surface area contributed by atoms with Crippen molar-refractivity contribution in [3.8, 4) is 0 Å². The summed E-state index contributed by atoms with van der Waals surface area (Å²) in [6.07, 6.45) is 2.68. The Morgan fingerprint density at radius 3 is 2.37 bits per heavy atom. The molecule has 0 amide bonds. The second-order valence-corrected chi connectivity index (χ2v) is 6.69. The van der Waals surface area contributed by atoms with E-state index in [1.807, 2.05) is 0 Å². The lowest BCUT2D eigenvalue weighted by molar-refractivity contribution is 0.0305. The third-order valence-electron chi connectivity index (χ3n) is 3.71. The van der Waals surface area contributed by atoms with E-state index in [1.165, 1.54) is 12.1 Å². The highest BCUT2D eigenvalue weighted by atomic mass is 32.2. The number of anilines is 2. The second-order valence-electron chi connectivity index (χ2n) is 5.13. The second kappa shape index (κ2) is 4.36. The molecule has 2 unspecified atom stereocenters. The van der Waals surface area contributed by atoms with Gasteiger partial charge in [0, 0.05) is 13.1 Å². The Labute approximate surface area is 112 Å². The van der Waals surface area contributed by atoms with Crippen LogP contribution in [0.15, 0.2) is 23.1 Å². The first-order chi connectivity index (χ1) is 8.93. The molecule has 2 aliphatic heterocycles. The summed E-state index contributed by atoms with van der Waals surface area (Å²) in [5.74, 6) is 0. The van der Waals surface area contributed by atoms with Crippen molar-refractivity contribution in [2.24, 2.45) is 5.14 Å². The van der Waals surface area contributed by atoms with Gasteiger partial charge in [-0.1, -0.05) is 0 Å². The maximum atomic E-state index is 11.3. The number of benzene rings is 1. The Morgan fingerprint density at radius 1 is 1.21 bits per heavy atom. The van der Waals surface area contributed by atoms with Gasteiger partial charge in [-0.15, -0.1) is 0 Å². The van der Waals surface area contributed by atoms with Crippen LogP contribution >= 0.6 is 0 Å². The van der Waals surface area contributed by atoms with Crippen LogP contribution in [-0.2, 0) is 14.8 Å². The predicted octanol–water partition coefficient (Wildman–Crippen LogP) is 0.284. The molecule has 2 fully saturated rings. The van der Waals surface area contributed by atoms with Crippen LogP contribution in [-0.4, -0.2) is 33.7 Å². The highest BCUT2D eigenvalue weighted by molar-refractivity contribution is 7.89. The van der Waals surface area contributed by atoms with Crippen molar-refractivity contribution in [1.29, 1.82) is 0 Å². The summed E-state index contributed by atoms with van der Waals surface area (Å²) in [6.45, 7) is 1.60. The van der Waals surface area contributed by atoms with Crippen molar-refractivity contribution in [2.45, 2.75) is 29.9 Å². The van der Waals surface area contributed by atoms with E-state index in [2.05, 4.69) is 4.90 Å². The molecule has 0 aliphatic carbocycles. The molecule has 2 bridgehead atoms. The fourth-order valence-electron chi connectivity index (χ4n) is 2.81. The summed E-state index contributed by atoms with van der Waals surface area (Å²) < 4.78 is 28.3. The molecule has 3 rings (SSSR count). The van der Waals surface area contributed by atoms with Crippen LogP contribution < -0.4 is 15.8 Å². The fourth-order valence-corrected chi connectivity index (χ4v) is 3.36. The summed E-state index contributed by atoms with van der Waals surface area (Å²) in [7, 11) is -3.71. The Kier molecular flexibility index (Phi) is 2.92. The fraction of sp³-hybridized carbons (Fsp3) is 0.500. The standard InChI is InChI=1S/C12H17N3O3S/c13-11-5-10(19(14,16)17)3-4-12(11)15-6-8-1-2-9(7-15)18-8/h3-5,8-9H,1-2,6-7,13H2,(H2,14,16,17). The molecule has 0 radical (unpaired) electrons. The van der Waals surface area contributed by atoms with Gasteiger partial charge < -0.3 is 15.4 Å². The average Bonchev–Trinajstić information content (AvgIpc) is 2.67.